The Morgan fingerprint density at radius 2 is 2.04 bits per heavy atom. The molecule has 0 aliphatic heterocycles. The summed E-state index contributed by atoms with van der Waals surface area (Å²) in [5, 5.41) is 6.79. The fraction of sp³-hybridized carbons (Fsp3) is 0.250. The number of aromatic nitrogens is 1. The van der Waals surface area contributed by atoms with Crippen molar-refractivity contribution in [2.45, 2.75) is 32.6 Å². The van der Waals surface area contributed by atoms with Gasteiger partial charge in [-0.1, -0.05) is 38.0 Å². The molecule has 0 aliphatic rings. The number of amides is 1. The highest BCUT2D eigenvalue weighted by Gasteiger charge is 2.14. The normalized spacial score (nSPS) is 10.7. The molecule has 1 amide bonds. The second-order valence-corrected chi connectivity index (χ2v) is 6.44. The summed E-state index contributed by atoms with van der Waals surface area (Å²) in [6.45, 7) is 2.18. The number of fused-ring (bicyclic) bond motifs is 1. The molecule has 3 rings (SSSR count). The van der Waals surface area contributed by atoms with Gasteiger partial charge in [-0.05, 0) is 54.9 Å². The van der Waals surface area contributed by atoms with Crippen molar-refractivity contribution in [3.8, 4) is 0 Å². The van der Waals surface area contributed by atoms with Gasteiger partial charge in [-0.3, -0.25) is 10.1 Å². The molecule has 2 aromatic heterocycles. The average Bonchev–Trinajstić information content (AvgIpc) is 3.07. The summed E-state index contributed by atoms with van der Waals surface area (Å²) in [6, 6.07) is 13.3. The summed E-state index contributed by atoms with van der Waals surface area (Å²) in [7, 11) is 0. The quantitative estimate of drug-likeness (QED) is 0.489. The van der Waals surface area contributed by atoms with Gasteiger partial charge >= 0.3 is 0 Å². The number of benzene rings is 1. The molecule has 6 heteroatoms. The molecule has 0 aliphatic carbocycles. The van der Waals surface area contributed by atoms with E-state index in [-0.39, 0.29) is 10.9 Å². The van der Waals surface area contributed by atoms with Crippen molar-refractivity contribution in [3.63, 3.8) is 0 Å². The first-order valence-electron chi connectivity index (χ1n) is 8.72. The summed E-state index contributed by atoms with van der Waals surface area (Å²) in [5.74, 6) is -0.219. The van der Waals surface area contributed by atoms with Crippen LogP contribution in [0, 0.1) is 0 Å². The number of hydrogen-bond donors (Lipinski definition) is 2. The maximum atomic E-state index is 12.4. The van der Waals surface area contributed by atoms with Crippen LogP contribution in [0.2, 0.25) is 0 Å². The molecule has 134 valence electrons. The van der Waals surface area contributed by atoms with Crippen LogP contribution in [0.4, 0.5) is 5.69 Å². The SMILES string of the molecule is CCCCCc1ccccc1NC(=S)NC(=O)c1cc2cccnc2o1. The largest absolute Gasteiger partial charge is 0.433 e. The Kier molecular flexibility index (Phi) is 5.96. The zero-order valence-electron chi connectivity index (χ0n) is 14.6. The standard InChI is InChI=1S/C20H21N3O2S/c1-2-3-4-8-14-9-5-6-11-16(14)22-20(26)23-18(24)17-13-15-10-7-12-21-19(15)25-17/h5-7,9-13H,2-4,8H2,1H3,(H2,22,23,24,26). The molecule has 0 spiro atoms. The number of nitrogens with zero attached hydrogens (tertiary/aromatic N) is 1. The van der Waals surface area contributed by atoms with Gasteiger partial charge in [0.15, 0.2) is 10.9 Å². The van der Waals surface area contributed by atoms with Gasteiger partial charge < -0.3 is 9.73 Å². The second kappa shape index (κ2) is 8.58. The zero-order chi connectivity index (χ0) is 18.4. The van der Waals surface area contributed by atoms with Gasteiger partial charge in [-0.15, -0.1) is 0 Å². The number of rotatable bonds is 6. The van der Waals surface area contributed by atoms with Gasteiger partial charge in [-0.25, -0.2) is 4.98 Å². The van der Waals surface area contributed by atoms with Crippen LogP contribution in [0.25, 0.3) is 11.1 Å². The van der Waals surface area contributed by atoms with Crippen LogP contribution in [-0.2, 0) is 6.42 Å². The van der Waals surface area contributed by atoms with Crippen molar-refractivity contribution >= 4 is 40.0 Å². The third kappa shape index (κ3) is 4.46. The van der Waals surface area contributed by atoms with Crippen molar-refractivity contribution in [1.29, 1.82) is 0 Å². The maximum absolute atomic E-state index is 12.4. The molecular weight excluding hydrogens is 346 g/mol. The van der Waals surface area contributed by atoms with E-state index in [1.54, 1.807) is 18.3 Å². The number of para-hydroxylation sites is 1. The third-order valence-electron chi connectivity index (χ3n) is 4.06. The fourth-order valence-electron chi connectivity index (χ4n) is 2.73. The van der Waals surface area contributed by atoms with Gasteiger partial charge in [-0.2, -0.15) is 0 Å². The number of pyridine rings is 1. The summed E-state index contributed by atoms with van der Waals surface area (Å²) < 4.78 is 5.46. The highest BCUT2D eigenvalue weighted by atomic mass is 32.1. The molecule has 0 fully saturated rings. The van der Waals surface area contributed by atoms with Gasteiger partial charge in [0, 0.05) is 17.3 Å². The average molecular weight is 367 g/mol. The predicted molar refractivity (Wildman–Crippen MR) is 107 cm³/mol. The Hall–Kier alpha value is -2.73. The summed E-state index contributed by atoms with van der Waals surface area (Å²) in [5.41, 5.74) is 2.53. The van der Waals surface area contributed by atoms with Crippen LogP contribution < -0.4 is 10.6 Å². The van der Waals surface area contributed by atoms with Crippen molar-refractivity contribution < 1.29 is 9.21 Å². The van der Waals surface area contributed by atoms with Crippen LogP contribution in [-0.4, -0.2) is 16.0 Å². The van der Waals surface area contributed by atoms with Crippen molar-refractivity contribution in [1.82, 2.24) is 10.3 Å². The molecule has 3 aromatic rings. The first-order chi connectivity index (χ1) is 12.7. The number of thiocarbonyl (C=S) groups is 1. The molecule has 0 unspecified atom stereocenters. The van der Waals surface area contributed by atoms with Gasteiger partial charge in [0.2, 0.25) is 5.71 Å². The molecule has 0 bridgehead atoms. The monoisotopic (exact) mass is 367 g/mol. The number of furan rings is 1. The van der Waals surface area contributed by atoms with Crippen LogP contribution in [0.15, 0.2) is 53.1 Å². The molecule has 1 aromatic carbocycles. The summed E-state index contributed by atoms with van der Waals surface area (Å²) in [4.78, 5) is 16.4. The molecule has 0 saturated carbocycles. The van der Waals surface area contributed by atoms with Crippen molar-refractivity contribution in [3.05, 3.63) is 60.0 Å². The van der Waals surface area contributed by atoms with Crippen molar-refractivity contribution in [2.75, 3.05) is 5.32 Å². The number of unbranched alkanes of at least 4 members (excludes halogenated alkanes) is 2. The molecule has 2 heterocycles. The van der Waals surface area contributed by atoms with Crippen LogP contribution >= 0.6 is 12.2 Å². The van der Waals surface area contributed by atoms with Crippen LogP contribution in [0.3, 0.4) is 0 Å². The predicted octanol–water partition coefficient (Wildman–Crippen LogP) is 4.69. The van der Waals surface area contributed by atoms with Crippen LogP contribution in [0.5, 0.6) is 0 Å². The number of hydrogen-bond acceptors (Lipinski definition) is 4. The summed E-state index contributed by atoms with van der Waals surface area (Å²) >= 11 is 5.29. The number of carbonyl (C=O) groups is 1. The molecule has 26 heavy (non-hydrogen) atoms. The van der Waals surface area contributed by atoms with Gasteiger partial charge in [0.25, 0.3) is 5.91 Å². The van der Waals surface area contributed by atoms with E-state index in [9.17, 15) is 4.79 Å². The highest BCUT2D eigenvalue weighted by Crippen LogP contribution is 2.19. The third-order valence-corrected chi connectivity index (χ3v) is 4.26. The minimum atomic E-state index is -0.399. The molecule has 5 nitrogen and oxygen atoms in total. The number of aryl methyl sites for hydroxylation is 1. The van der Waals surface area contributed by atoms with Gasteiger partial charge in [0.05, 0.1) is 0 Å². The van der Waals surface area contributed by atoms with E-state index in [1.165, 1.54) is 18.4 Å². The van der Waals surface area contributed by atoms with E-state index in [0.717, 1.165) is 23.9 Å². The minimum Gasteiger partial charge on any atom is -0.433 e. The van der Waals surface area contributed by atoms with E-state index >= 15 is 0 Å². The lowest BCUT2D eigenvalue weighted by Gasteiger charge is -2.13. The number of carbonyl (C=O) groups excluding carboxylic acids is 1. The topological polar surface area (TPSA) is 67.2 Å². The number of anilines is 1. The summed E-state index contributed by atoms with van der Waals surface area (Å²) in [6.07, 6.45) is 6.09. The first kappa shape index (κ1) is 18.1. The lowest BCUT2D eigenvalue weighted by Crippen LogP contribution is -2.34. The van der Waals surface area contributed by atoms with E-state index < -0.39 is 5.91 Å². The molecule has 0 saturated heterocycles. The van der Waals surface area contributed by atoms with E-state index in [2.05, 4.69) is 28.6 Å². The number of nitrogens with one attached hydrogen (secondary N) is 2. The van der Waals surface area contributed by atoms with E-state index in [1.807, 2.05) is 24.3 Å². The Balaban J connectivity index is 1.64. The van der Waals surface area contributed by atoms with Crippen LogP contribution in [0.1, 0.15) is 42.3 Å². The Morgan fingerprint density at radius 3 is 2.85 bits per heavy atom. The molecule has 0 radical (unpaired) electrons. The maximum Gasteiger partial charge on any atom is 0.293 e. The molecule has 0 atom stereocenters. The van der Waals surface area contributed by atoms with Crippen molar-refractivity contribution in [2.24, 2.45) is 0 Å². The lowest BCUT2D eigenvalue weighted by atomic mass is 10.1. The molecular formula is C20H21N3O2S. The Bertz CT molecular complexity index is 887. The smallest absolute Gasteiger partial charge is 0.293 e. The minimum absolute atomic E-state index is 0.180. The molecule has 2 N–H and O–H groups in total. The Labute approximate surface area is 157 Å². The Morgan fingerprint density at radius 1 is 1.19 bits per heavy atom. The second-order valence-electron chi connectivity index (χ2n) is 6.03. The first-order valence-corrected chi connectivity index (χ1v) is 9.13. The lowest BCUT2D eigenvalue weighted by molar-refractivity contribution is 0.0952. The highest BCUT2D eigenvalue weighted by molar-refractivity contribution is 7.80. The van der Waals surface area contributed by atoms with E-state index in [4.69, 9.17) is 16.6 Å². The fourth-order valence-corrected chi connectivity index (χ4v) is 2.93. The van der Waals surface area contributed by atoms with E-state index in [0.29, 0.717) is 5.71 Å². The zero-order valence-corrected chi connectivity index (χ0v) is 15.4. The van der Waals surface area contributed by atoms with Gasteiger partial charge in [0.1, 0.15) is 0 Å².